The summed E-state index contributed by atoms with van der Waals surface area (Å²) in [7, 11) is 1.78. The molecule has 2 aromatic rings. The van der Waals surface area contributed by atoms with Crippen LogP contribution in [0.1, 0.15) is 23.6 Å². The van der Waals surface area contributed by atoms with Gasteiger partial charge in [0.15, 0.2) is 17.5 Å². The van der Waals surface area contributed by atoms with E-state index in [4.69, 9.17) is 14.2 Å². The molecule has 152 valence electrons. The maximum atomic E-state index is 5.42. The van der Waals surface area contributed by atoms with E-state index in [1.165, 1.54) is 16.7 Å². The molecular formula is C21H28IN3O3. The van der Waals surface area contributed by atoms with Crippen LogP contribution in [0.3, 0.4) is 0 Å². The van der Waals surface area contributed by atoms with E-state index in [0.29, 0.717) is 13.4 Å². The predicted molar refractivity (Wildman–Crippen MR) is 122 cm³/mol. The second-order valence-corrected chi connectivity index (χ2v) is 6.24. The Kier molecular flexibility index (Phi) is 9.36. The highest BCUT2D eigenvalue weighted by atomic mass is 127. The van der Waals surface area contributed by atoms with Gasteiger partial charge in [-0.15, -0.1) is 24.0 Å². The van der Waals surface area contributed by atoms with Crippen molar-refractivity contribution < 1.29 is 14.2 Å². The number of nitrogens with zero attached hydrogens (tertiary/aromatic N) is 1. The molecule has 2 aromatic carbocycles. The summed E-state index contributed by atoms with van der Waals surface area (Å²) in [5, 5.41) is 6.68. The van der Waals surface area contributed by atoms with Crippen LogP contribution in [0.15, 0.2) is 47.5 Å². The summed E-state index contributed by atoms with van der Waals surface area (Å²) in [6.45, 7) is 5.21. The van der Waals surface area contributed by atoms with Crippen molar-refractivity contribution in [2.24, 2.45) is 4.99 Å². The summed E-state index contributed by atoms with van der Waals surface area (Å²) in [6.07, 6.45) is 0.878. The van der Waals surface area contributed by atoms with Gasteiger partial charge in [0.05, 0.1) is 6.61 Å². The third kappa shape index (κ3) is 6.56. The van der Waals surface area contributed by atoms with E-state index >= 15 is 0 Å². The zero-order valence-electron chi connectivity index (χ0n) is 16.4. The summed E-state index contributed by atoms with van der Waals surface area (Å²) in [4.78, 5) is 4.28. The largest absolute Gasteiger partial charge is 0.454 e. The lowest BCUT2D eigenvalue weighted by atomic mass is 10.1. The average molecular weight is 497 g/mol. The third-order valence-electron chi connectivity index (χ3n) is 4.32. The van der Waals surface area contributed by atoms with Gasteiger partial charge in [-0.25, -0.2) is 0 Å². The predicted octanol–water partition coefficient (Wildman–Crippen LogP) is 3.48. The molecule has 1 aliphatic rings. The number of halogens is 1. The van der Waals surface area contributed by atoms with E-state index in [-0.39, 0.29) is 24.0 Å². The van der Waals surface area contributed by atoms with Crippen molar-refractivity contribution in [3.8, 4) is 11.5 Å². The van der Waals surface area contributed by atoms with E-state index < -0.39 is 0 Å². The fourth-order valence-electron chi connectivity index (χ4n) is 2.80. The molecule has 0 radical (unpaired) electrons. The van der Waals surface area contributed by atoms with Crippen LogP contribution in [-0.4, -0.2) is 33.0 Å². The molecule has 0 fully saturated rings. The molecule has 6 nitrogen and oxygen atoms in total. The summed E-state index contributed by atoms with van der Waals surface area (Å²) in [5.74, 6) is 2.42. The highest BCUT2D eigenvalue weighted by Gasteiger charge is 2.12. The maximum absolute atomic E-state index is 5.42. The summed E-state index contributed by atoms with van der Waals surface area (Å²) < 4.78 is 16.2. The Balaban J connectivity index is 0.00000280. The number of hydrogen-bond acceptors (Lipinski definition) is 4. The quantitative estimate of drug-likeness (QED) is 0.332. The maximum Gasteiger partial charge on any atom is 0.231 e. The molecule has 0 aliphatic carbocycles. The molecule has 0 saturated heterocycles. The lowest BCUT2D eigenvalue weighted by molar-refractivity contribution is 0.134. The summed E-state index contributed by atoms with van der Waals surface area (Å²) in [5.41, 5.74) is 3.59. The Labute approximate surface area is 183 Å². The lowest BCUT2D eigenvalue weighted by Gasteiger charge is -2.12. The van der Waals surface area contributed by atoms with Crippen LogP contribution in [0, 0.1) is 0 Å². The van der Waals surface area contributed by atoms with Gasteiger partial charge in [0, 0.05) is 26.7 Å². The van der Waals surface area contributed by atoms with Crippen molar-refractivity contribution in [2.75, 3.05) is 27.0 Å². The van der Waals surface area contributed by atoms with Crippen molar-refractivity contribution in [1.29, 1.82) is 0 Å². The molecule has 0 saturated carbocycles. The summed E-state index contributed by atoms with van der Waals surface area (Å²) in [6, 6.07) is 14.5. The van der Waals surface area contributed by atoms with Gasteiger partial charge in [0.1, 0.15) is 0 Å². The monoisotopic (exact) mass is 497 g/mol. The third-order valence-corrected chi connectivity index (χ3v) is 4.32. The highest BCUT2D eigenvalue weighted by Crippen LogP contribution is 2.32. The molecule has 1 heterocycles. The first-order valence-corrected chi connectivity index (χ1v) is 9.27. The molecule has 0 bridgehead atoms. The fourth-order valence-corrected chi connectivity index (χ4v) is 2.80. The number of fused-ring (bicyclic) bond motifs is 1. The average Bonchev–Trinajstić information content (AvgIpc) is 3.17. The first-order chi connectivity index (χ1) is 13.3. The Morgan fingerprint density at radius 3 is 2.46 bits per heavy atom. The van der Waals surface area contributed by atoms with Crippen LogP contribution in [0.25, 0.3) is 0 Å². The standard InChI is InChI=1S/C21H27N3O3.HI/c1-3-25-14-18-6-4-17(5-7-18)13-24-21(22-2)23-11-10-16-8-9-19-20(12-16)27-15-26-19;/h4-9,12H,3,10-11,13-15H2,1-2H3,(H2,22,23,24);1H. The minimum absolute atomic E-state index is 0. The van der Waals surface area contributed by atoms with Crippen LogP contribution in [-0.2, 0) is 24.3 Å². The van der Waals surface area contributed by atoms with Gasteiger partial charge < -0.3 is 24.8 Å². The molecule has 3 rings (SSSR count). The lowest BCUT2D eigenvalue weighted by Crippen LogP contribution is -2.37. The van der Waals surface area contributed by atoms with Gasteiger partial charge in [-0.05, 0) is 42.2 Å². The van der Waals surface area contributed by atoms with Gasteiger partial charge >= 0.3 is 0 Å². The molecular weight excluding hydrogens is 469 g/mol. The Hall–Kier alpha value is -2.00. The molecule has 2 N–H and O–H groups in total. The van der Waals surface area contributed by atoms with Crippen LogP contribution in [0.5, 0.6) is 11.5 Å². The minimum atomic E-state index is 0. The SMILES string of the molecule is CCOCc1ccc(CNC(=NC)NCCc2ccc3c(c2)OCO3)cc1.I. The second-order valence-electron chi connectivity index (χ2n) is 6.24. The number of ether oxygens (including phenoxy) is 3. The Bertz CT molecular complexity index is 766. The van der Waals surface area contributed by atoms with Crippen LogP contribution >= 0.6 is 24.0 Å². The first-order valence-electron chi connectivity index (χ1n) is 9.27. The van der Waals surface area contributed by atoms with Crippen molar-refractivity contribution >= 4 is 29.9 Å². The van der Waals surface area contributed by atoms with Crippen molar-refractivity contribution in [2.45, 2.75) is 26.5 Å². The van der Waals surface area contributed by atoms with Gasteiger partial charge in [0.25, 0.3) is 0 Å². The van der Waals surface area contributed by atoms with E-state index in [1.807, 2.05) is 19.1 Å². The van der Waals surface area contributed by atoms with Gasteiger partial charge in [0.2, 0.25) is 6.79 Å². The molecule has 0 spiro atoms. The Morgan fingerprint density at radius 1 is 1.00 bits per heavy atom. The van der Waals surface area contributed by atoms with E-state index in [1.54, 1.807) is 7.05 Å². The zero-order valence-corrected chi connectivity index (χ0v) is 18.7. The number of aliphatic imine (C=N–C) groups is 1. The molecule has 1 aliphatic heterocycles. The summed E-state index contributed by atoms with van der Waals surface area (Å²) >= 11 is 0. The molecule has 0 aromatic heterocycles. The van der Waals surface area contributed by atoms with Crippen molar-refractivity contribution in [3.63, 3.8) is 0 Å². The first kappa shape index (κ1) is 22.3. The van der Waals surface area contributed by atoms with Crippen molar-refractivity contribution in [1.82, 2.24) is 10.6 Å². The molecule has 0 unspecified atom stereocenters. The minimum Gasteiger partial charge on any atom is -0.454 e. The number of hydrogen-bond donors (Lipinski definition) is 2. The smallest absolute Gasteiger partial charge is 0.231 e. The van der Waals surface area contributed by atoms with E-state index in [9.17, 15) is 0 Å². The zero-order chi connectivity index (χ0) is 18.9. The van der Waals surface area contributed by atoms with Gasteiger partial charge in [-0.2, -0.15) is 0 Å². The molecule has 0 atom stereocenters. The van der Waals surface area contributed by atoms with Crippen LogP contribution < -0.4 is 20.1 Å². The van der Waals surface area contributed by atoms with Gasteiger partial charge in [-0.3, -0.25) is 4.99 Å². The fraction of sp³-hybridized carbons (Fsp3) is 0.381. The van der Waals surface area contributed by atoms with Gasteiger partial charge in [-0.1, -0.05) is 30.3 Å². The topological polar surface area (TPSA) is 64.1 Å². The number of benzene rings is 2. The van der Waals surface area contributed by atoms with Crippen LogP contribution in [0.4, 0.5) is 0 Å². The Morgan fingerprint density at radius 2 is 1.71 bits per heavy atom. The van der Waals surface area contributed by atoms with Crippen LogP contribution in [0.2, 0.25) is 0 Å². The molecule has 7 heteroatoms. The number of nitrogens with one attached hydrogen (secondary N) is 2. The number of guanidine groups is 1. The van der Waals surface area contributed by atoms with Crippen molar-refractivity contribution in [3.05, 3.63) is 59.2 Å². The number of rotatable bonds is 8. The highest BCUT2D eigenvalue weighted by molar-refractivity contribution is 14.0. The second kappa shape index (κ2) is 11.8. The van der Waals surface area contributed by atoms with E-state index in [2.05, 4.69) is 46.0 Å². The molecule has 0 amide bonds. The normalized spacial score (nSPS) is 12.4. The molecule has 28 heavy (non-hydrogen) atoms. The van der Waals surface area contributed by atoms with E-state index in [0.717, 1.165) is 43.6 Å².